The van der Waals surface area contributed by atoms with Crippen molar-refractivity contribution in [1.29, 1.82) is 0 Å². The molecule has 148 valence electrons. The van der Waals surface area contributed by atoms with Gasteiger partial charge in [0.25, 0.3) is 5.91 Å². The van der Waals surface area contributed by atoms with Crippen LogP contribution in [0.5, 0.6) is 5.75 Å². The minimum Gasteiger partial charge on any atom is -0.497 e. The first-order valence-electron chi connectivity index (χ1n) is 9.18. The predicted molar refractivity (Wildman–Crippen MR) is 107 cm³/mol. The van der Waals surface area contributed by atoms with Crippen molar-refractivity contribution in [3.63, 3.8) is 0 Å². The number of carbonyl (C=O) groups excluding carboxylic acids is 1. The van der Waals surface area contributed by atoms with E-state index in [2.05, 4.69) is 27.8 Å². The molecule has 3 rings (SSSR count). The summed E-state index contributed by atoms with van der Waals surface area (Å²) in [5, 5.41) is 11.6. The molecule has 1 N–H and O–H groups in total. The topological polar surface area (TPSA) is 72.3 Å². The molecule has 1 aliphatic rings. The summed E-state index contributed by atoms with van der Waals surface area (Å²) >= 11 is 0. The molecule has 0 atom stereocenters. The second-order valence-corrected chi connectivity index (χ2v) is 6.74. The largest absolute Gasteiger partial charge is 0.497 e. The minimum absolute atomic E-state index is 0. The first kappa shape index (κ1) is 21.2. The van der Waals surface area contributed by atoms with E-state index in [0.29, 0.717) is 18.3 Å². The number of nitrogens with zero attached hydrogens (tertiary/aromatic N) is 4. The molecule has 0 radical (unpaired) electrons. The average Bonchev–Trinajstić information content (AvgIpc) is 3.18. The number of ether oxygens (including phenoxy) is 1. The van der Waals surface area contributed by atoms with E-state index < -0.39 is 0 Å². The highest BCUT2D eigenvalue weighted by Crippen LogP contribution is 2.17. The zero-order valence-electron chi connectivity index (χ0n) is 15.9. The van der Waals surface area contributed by atoms with Crippen LogP contribution in [0.3, 0.4) is 0 Å². The summed E-state index contributed by atoms with van der Waals surface area (Å²) in [6.07, 6.45) is 5.65. The molecule has 2 heterocycles. The molecule has 0 aliphatic carbocycles. The van der Waals surface area contributed by atoms with Crippen LogP contribution in [0.25, 0.3) is 0 Å². The molecule has 0 bridgehead atoms. The number of piperidine rings is 1. The van der Waals surface area contributed by atoms with Crippen molar-refractivity contribution in [2.75, 3.05) is 33.8 Å². The molecule has 27 heavy (non-hydrogen) atoms. The van der Waals surface area contributed by atoms with Crippen LogP contribution in [0.15, 0.2) is 30.5 Å². The van der Waals surface area contributed by atoms with Crippen molar-refractivity contribution in [2.24, 2.45) is 0 Å². The third-order valence-corrected chi connectivity index (χ3v) is 4.88. The third kappa shape index (κ3) is 5.68. The zero-order chi connectivity index (χ0) is 18.4. The van der Waals surface area contributed by atoms with E-state index in [-0.39, 0.29) is 18.3 Å². The maximum absolute atomic E-state index is 12.5. The fraction of sp³-hybridized carbons (Fsp3) is 0.526. The Morgan fingerprint density at radius 2 is 2.00 bits per heavy atom. The molecule has 1 aliphatic heterocycles. The van der Waals surface area contributed by atoms with Crippen LogP contribution in [0.2, 0.25) is 0 Å². The number of halogens is 1. The van der Waals surface area contributed by atoms with E-state index in [4.69, 9.17) is 4.74 Å². The number of methoxy groups -OCH3 is 1. The molecular weight excluding hydrogens is 366 g/mol. The standard InChI is InChI=1S/C19H27N5O2.ClH/c1-23(13-3-4-15-5-7-17(26-2)8-6-15)19(25)18-14-24(22-21-18)16-9-11-20-12-10-16;/h5-8,14,16,20H,3-4,9-13H2,1-2H3;1H. The number of hydrogen-bond donors (Lipinski definition) is 1. The van der Waals surface area contributed by atoms with Crippen molar-refractivity contribution in [3.8, 4) is 5.75 Å². The molecule has 2 aromatic rings. The molecule has 1 fully saturated rings. The number of rotatable bonds is 7. The number of carbonyl (C=O) groups is 1. The fourth-order valence-corrected chi connectivity index (χ4v) is 3.23. The molecular formula is C19H28ClN5O2. The van der Waals surface area contributed by atoms with Crippen LogP contribution in [0, 0.1) is 0 Å². The van der Waals surface area contributed by atoms with E-state index in [1.165, 1.54) is 5.56 Å². The Balaban J connectivity index is 0.00000261. The Kier molecular flexibility index (Phi) is 8.06. The highest BCUT2D eigenvalue weighted by atomic mass is 35.5. The van der Waals surface area contributed by atoms with E-state index in [0.717, 1.165) is 44.5 Å². The van der Waals surface area contributed by atoms with E-state index in [9.17, 15) is 4.79 Å². The molecule has 7 nitrogen and oxygen atoms in total. The Morgan fingerprint density at radius 3 is 2.67 bits per heavy atom. The monoisotopic (exact) mass is 393 g/mol. The normalized spacial score (nSPS) is 14.4. The van der Waals surface area contributed by atoms with Crippen molar-refractivity contribution in [2.45, 2.75) is 31.7 Å². The SMILES string of the molecule is COc1ccc(CCCN(C)C(=O)c2cn(C3CCNCC3)nn2)cc1.Cl. The lowest BCUT2D eigenvalue weighted by Crippen LogP contribution is -2.30. The van der Waals surface area contributed by atoms with Gasteiger partial charge >= 0.3 is 0 Å². The van der Waals surface area contributed by atoms with Gasteiger partial charge in [0.15, 0.2) is 5.69 Å². The van der Waals surface area contributed by atoms with Gasteiger partial charge in [-0.2, -0.15) is 0 Å². The Morgan fingerprint density at radius 1 is 1.30 bits per heavy atom. The third-order valence-electron chi connectivity index (χ3n) is 4.88. The van der Waals surface area contributed by atoms with Crippen LogP contribution < -0.4 is 10.1 Å². The number of hydrogen-bond acceptors (Lipinski definition) is 5. The minimum atomic E-state index is -0.0695. The smallest absolute Gasteiger partial charge is 0.275 e. The quantitative estimate of drug-likeness (QED) is 0.781. The maximum atomic E-state index is 12.5. The lowest BCUT2D eigenvalue weighted by molar-refractivity contribution is 0.0787. The molecule has 0 spiro atoms. The lowest BCUT2D eigenvalue weighted by atomic mass is 10.1. The molecule has 8 heteroatoms. The number of nitrogens with one attached hydrogen (secondary N) is 1. The van der Waals surface area contributed by atoms with Gasteiger partial charge in [0.2, 0.25) is 0 Å². The highest BCUT2D eigenvalue weighted by molar-refractivity contribution is 5.91. The van der Waals surface area contributed by atoms with Gasteiger partial charge in [0.1, 0.15) is 5.75 Å². The van der Waals surface area contributed by atoms with Gasteiger partial charge < -0.3 is 15.0 Å². The summed E-state index contributed by atoms with van der Waals surface area (Å²) in [6, 6.07) is 8.38. The molecule has 1 aromatic carbocycles. The maximum Gasteiger partial charge on any atom is 0.275 e. The van der Waals surface area contributed by atoms with Crippen LogP contribution in [0.1, 0.15) is 41.4 Å². The Labute approximate surface area is 166 Å². The Bertz CT molecular complexity index is 713. The van der Waals surface area contributed by atoms with Gasteiger partial charge in [-0.05, 0) is 56.5 Å². The summed E-state index contributed by atoms with van der Waals surface area (Å²) < 4.78 is 7.01. The first-order chi connectivity index (χ1) is 12.7. The van der Waals surface area contributed by atoms with E-state index >= 15 is 0 Å². The van der Waals surface area contributed by atoms with Crippen LogP contribution in [0.4, 0.5) is 0 Å². The molecule has 1 amide bonds. The second kappa shape index (κ2) is 10.3. The molecule has 1 aromatic heterocycles. The van der Waals surface area contributed by atoms with Gasteiger partial charge in [-0.3, -0.25) is 4.79 Å². The van der Waals surface area contributed by atoms with Crippen LogP contribution >= 0.6 is 12.4 Å². The number of benzene rings is 1. The average molecular weight is 394 g/mol. The van der Waals surface area contributed by atoms with E-state index in [1.54, 1.807) is 18.2 Å². The number of amides is 1. The summed E-state index contributed by atoms with van der Waals surface area (Å²) in [7, 11) is 3.48. The predicted octanol–water partition coefficient (Wildman–Crippen LogP) is 2.34. The van der Waals surface area contributed by atoms with Gasteiger partial charge in [0.05, 0.1) is 19.3 Å². The number of aryl methyl sites for hydroxylation is 1. The first-order valence-corrected chi connectivity index (χ1v) is 9.18. The van der Waals surface area contributed by atoms with Crippen LogP contribution in [-0.2, 0) is 6.42 Å². The van der Waals surface area contributed by atoms with Gasteiger partial charge in [-0.25, -0.2) is 4.68 Å². The fourth-order valence-electron chi connectivity index (χ4n) is 3.23. The van der Waals surface area contributed by atoms with E-state index in [1.807, 2.05) is 23.9 Å². The summed E-state index contributed by atoms with van der Waals surface area (Å²) in [5.74, 6) is 0.790. The molecule has 0 saturated carbocycles. The molecule has 0 unspecified atom stereocenters. The van der Waals surface area contributed by atoms with Crippen molar-refractivity contribution >= 4 is 18.3 Å². The molecule has 1 saturated heterocycles. The zero-order valence-corrected chi connectivity index (χ0v) is 16.7. The van der Waals surface area contributed by atoms with Crippen molar-refractivity contribution in [3.05, 3.63) is 41.7 Å². The van der Waals surface area contributed by atoms with Gasteiger partial charge in [-0.15, -0.1) is 17.5 Å². The summed E-state index contributed by atoms with van der Waals surface area (Å²) in [5.41, 5.74) is 1.67. The number of aromatic nitrogens is 3. The van der Waals surface area contributed by atoms with Crippen molar-refractivity contribution < 1.29 is 9.53 Å². The lowest BCUT2D eigenvalue weighted by Gasteiger charge is -2.22. The summed E-state index contributed by atoms with van der Waals surface area (Å²) in [6.45, 7) is 2.66. The Hall–Kier alpha value is -2.12. The highest BCUT2D eigenvalue weighted by Gasteiger charge is 2.20. The summed E-state index contributed by atoms with van der Waals surface area (Å²) in [4.78, 5) is 14.3. The van der Waals surface area contributed by atoms with Gasteiger partial charge in [-0.1, -0.05) is 17.3 Å². The van der Waals surface area contributed by atoms with Crippen molar-refractivity contribution in [1.82, 2.24) is 25.2 Å². The van der Waals surface area contributed by atoms with Gasteiger partial charge in [0, 0.05) is 13.6 Å². The second-order valence-electron chi connectivity index (χ2n) is 6.74. The van der Waals surface area contributed by atoms with Crippen LogP contribution in [-0.4, -0.2) is 59.6 Å².